The largest absolute Gasteiger partial charge is 0.382 e. The van der Waals surface area contributed by atoms with Gasteiger partial charge in [-0.3, -0.25) is 9.52 Å². The van der Waals surface area contributed by atoms with Gasteiger partial charge in [0.2, 0.25) is 0 Å². The van der Waals surface area contributed by atoms with Crippen molar-refractivity contribution in [3.05, 3.63) is 41.0 Å². The third kappa shape index (κ3) is 3.72. The third-order valence-corrected chi connectivity index (χ3v) is 5.53. The van der Waals surface area contributed by atoms with Gasteiger partial charge in [0.25, 0.3) is 5.91 Å². The van der Waals surface area contributed by atoms with Crippen LogP contribution in [0.2, 0.25) is 0 Å². The van der Waals surface area contributed by atoms with E-state index in [-0.39, 0.29) is 22.6 Å². The first-order valence-corrected chi connectivity index (χ1v) is 9.41. The number of anilines is 3. The first-order chi connectivity index (χ1) is 12.8. The predicted molar refractivity (Wildman–Crippen MR) is 102 cm³/mol. The number of nitrogen functional groups attached to an aromatic ring is 1. The number of carbonyl (C=O) groups is 1. The summed E-state index contributed by atoms with van der Waals surface area (Å²) in [4.78, 5) is 20.3. The molecule has 0 saturated carbocycles. The Kier molecular flexibility index (Phi) is 5.30. The SMILES string of the molecule is CN(C)S(=O)Nc1ccc(F)c(NC(=O)c2csc3c(N)ncnc23)c1F. The Balaban J connectivity index is 1.93. The number of hydrogen-bond donors (Lipinski definition) is 3. The molecule has 0 radical (unpaired) electrons. The van der Waals surface area contributed by atoms with E-state index in [9.17, 15) is 17.8 Å². The minimum atomic E-state index is -1.73. The number of hydrogen-bond acceptors (Lipinski definition) is 6. The quantitative estimate of drug-likeness (QED) is 0.595. The van der Waals surface area contributed by atoms with Crippen molar-refractivity contribution in [3.8, 4) is 0 Å². The predicted octanol–water partition coefficient (Wildman–Crippen LogP) is 2.36. The van der Waals surface area contributed by atoms with Crippen molar-refractivity contribution in [2.75, 3.05) is 29.9 Å². The number of nitrogens with zero attached hydrogens (tertiary/aromatic N) is 3. The maximum absolute atomic E-state index is 14.6. The zero-order valence-electron chi connectivity index (χ0n) is 14.1. The van der Waals surface area contributed by atoms with Crippen LogP contribution in [0.15, 0.2) is 23.8 Å². The average molecular weight is 412 g/mol. The summed E-state index contributed by atoms with van der Waals surface area (Å²) in [6.07, 6.45) is 1.20. The Hall–Kier alpha value is -2.70. The number of thiophene rings is 1. The number of nitrogens with one attached hydrogen (secondary N) is 2. The molecule has 12 heteroatoms. The molecule has 0 aliphatic carbocycles. The number of amides is 1. The highest BCUT2D eigenvalue weighted by atomic mass is 32.2. The highest BCUT2D eigenvalue weighted by molar-refractivity contribution is 7.83. The summed E-state index contributed by atoms with van der Waals surface area (Å²) in [5.41, 5.74) is 5.24. The number of aromatic nitrogens is 2. The van der Waals surface area contributed by atoms with Crippen LogP contribution in [0.5, 0.6) is 0 Å². The van der Waals surface area contributed by atoms with E-state index in [1.165, 1.54) is 30.1 Å². The molecule has 1 unspecified atom stereocenters. The van der Waals surface area contributed by atoms with E-state index in [0.29, 0.717) is 4.70 Å². The fourth-order valence-electron chi connectivity index (χ4n) is 2.14. The Labute approximate surface area is 159 Å². The van der Waals surface area contributed by atoms with Gasteiger partial charge in [0.05, 0.1) is 21.5 Å². The lowest BCUT2D eigenvalue weighted by atomic mass is 10.2. The lowest BCUT2D eigenvalue weighted by Gasteiger charge is -2.14. The molecular formula is C15H14F2N6O2S2. The van der Waals surface area contributed by atoms with Crippen molar-refractivity contribution < 1.29 is 17.8 Å². The van der Waals surface area contributed by atoms with Crippen LogP contribution in [0, 0.1) is 11.6 Å². The van der Waals surface area contributed by atoms with Crippen LogP contribution in [0.3, 0.4) is 0 Å². The Bertz CT molecular complexity index is 1060. The number of halogens is 2. The van der Waals surface area contributed by atoms with Crippen molar-refractivity contribution in [2.45, 2.75) is 0 Å². The van der Waals surface area contributed by atoms with Crippen LogP contribution in [0.1, 0.15) is 10.4 Å². The van der Waals surface area contributed by atoms with Gasteiger partial charge in [-0.2, -0.15) is 0 Å². The van der Waals surface area contributed by atoms with E-state index in [1.807, 2.05) is 0 Å². The molecule has 0 fully saturated rings. The molecule has 0 saturated heterocycles. The van der Waals surface area contributed by atoms with Gasteiger partial charge >= 0.3 is 0 Å². The highest BCUT2D eigenvalue weighted by Crippen LogP contribution is 2.30. The van der Waals surface area contributed by atoms with E-state index >= 15 is 0 Å². The lowest BCUT2D eigenvalue weighted by Crippen LogP contribution is -2.23. The monoisotopic (exact) mass is 412 g/mol. The van der Waals surface area contributed by atoms with Gasteiger partial charge in [-0.1, -0.05) is 0 Å². The van der Waals surface area contributed by atoms with Crippen LogP contribution in [-0.4, -0.2) is 38.5 Å². The van der Waals surface area contributed by atoms with E-state index in [2.05, 4.69) is 20.0 Å². The smallest absolute Gasteiger partial charge is 0.258 e. The minimum absolute atomic E-state index is 0.109. The van der Waals surface area contributed by atoms with Crippen LogP contribution >= 0.6 is 11.3 Å². The van der Waals surface area contributed by atoms with Crippen molar-refractivity contribution in [1.82, 2.24) is 14.3 Å². The summed E-state index contributed by atoms with van der Waals surface area (Å²) in [6.45, 7) is 0. The standard InChI is InChI=1S/C15H14F2N6O2S2/c1-23(2)27(25)22-9-4-3-8(16)12(10(9)17)21-15(24)7-5-26-13-11(7)19-6-20-14(13)18/h3-6,22H,1-2H3,(H,21,24)(H2,18,19,20). The maximum atomic E-state index is 14.6. The van der Waals surface area contributed by atoms with Crippen molar-refractivity contribution in [2.24, 2.45) is 0 Å². The molecule has 0 aliphatic rings. The zero-order chi connectivity index (χ0) is 19.7. The molecule has 4 N–H and O–H groups in total. The molecule has 3 rings (SSSR count). The molecular weight excluding hydrogens is 398 g/mol. The number of carbonyl (C=O) groups excluding carboxylic acids is 1. The van der Waals surface area contributed by atoms with Crippen LogP contribution in [-0.2, 0) is 11.2 Å². The summed E-state index contributed by atoms with van der Waals surface area (Å²) in [5.74, 6) is -2.61. The van der Waals surface area contributed by atoms with Crippen LogP contribution in [0.4, 0.5) is 26.0 Å². The molecule has 3 aromatic rings. The summed E-state index contributed by atoms with van der Waals surface area (Å²) >= 11 is -0.586. The molecule has 2 heterocycles. The Morgan fingerprint density at radius 3 is 2.74 bits per heavy atom. The van der Waals surface area contributed by atoms with Crippen molar-refractivity contribution >= 4 is 55.8 Å². The van der Waals surface area contributed by atoms with E-state index < -0.39 is 34.4 Å². The molecule has 8 nitrogen and oxygen atoms in total. The maximum Gasteiger partial charge on any atom is 0.258 e. The zero-order valence-corrected chi connectivity index (χ0v) is 15.8. The fourth-order valence-corrected chi connectivity index (χ4v) is 3.57. The van der Waals surface area contributed by atoms with Gasteiger partial charge < -0.3 is 11.1 Å². The summed E-state index contributed by atoms with van der Waals surface area (Å²) in [7, 11) is 3.03. The van der Waals surface area contributed by atoms with Crippen LogP contribution in [0.25, 0.3) is 10.2 Å². The van der Waals surface area contributed by atoms with Gasteiger partial charge in [0.1, 0.15) is 23.6 Å². The molecule has 27 heavy (non-hydrogen) atoms. The second kappa shape index (κ2) is 7.50. The fraction of sp³-hybridized carbons (Fsp3) is 0.133. The molecule has 2 aromatic heterocycles. The van der Waals surface area contributed by atoms with E-state index in [0.717, 1.165) is 23.5 Å². The second-order valence-electron chi connectivity index (χ2n) is 5.49. The van der Waals surface area contributed by atoms with Gasteiger partial charge in [-0.05, 0) is 12.1 Å². The van der Waals surface area contributed by atoms with Crippen LogP contribution < -0.4 is 15.8 Å². The first-order valence-electron chi connectivity index (χ1n) is 7.42. The van der Waals surface area contributed by atoms with Gasteiger partial charge in [-0.15, -0.1) is 11.3 Å². The molecule has 1 aromatic carbocycles. The highest BCUT2D eigenvalue weighted by Gasteiger charge is 2.21. The second-order valence-corrected chi connectivity index (χ2v) is 7.80. The van der Waals surface area contributed by atoms with E-state index in [1.54, 1.807) is 0 Å². The van der Waals surface area contributed by atoms with Gasteiger partial charge in [-0.25, -0.2) is 27.3 Å². The Morgan fingerprint density at radius 2 is 2.04 bits per heavy atom. The Morgan fingerprint density at radius 1 is 1.30 bits per heavy atom. The normalized spacial score (nSPS) is 12.3. The number of fused-ring (bicyclic) bond motifs is 1. The first kappa shape index (κ1) is 19.1. The molecule has 0 spiro atoms. The number of rotatable bonds is 5. The number of benzene rings is 1. The topological polar surface area (TPSA) is 113 Å². The van der Waals surface area contributed by atoms with Crippen molar-refractivity contribution in [1.29, 1.82) is 0 Å². The molecule has 1 amide bonds. The summed E-state index contributed by atoms with van der Waals surface area (Å²) in [6, 6.07) is 2.05. The van der Waals surface area contributed by atoms with Gasteiger partial charge in [0.15, 0.2) is 17.0 Å². The molecule has 1 atom stereocenters. The molecule has 0 aliphatic heterocycles. The van der Waals surface area contributed by atoms with E-state index in [4.69, 9.17) is 5.73 Å². The van der Waals surface area contributed by atoms with Gasteiger partial charge in [0, 0.05) is 19.5 Å². The third-order valence-electron chi connectivity index (χ3n) is 3.48. The summed E-state index contributed by atoms with van der Waals surface area (Å²) < 4.78 is 44.7. The molecule has 142 valence electrons. The number of nitrogens with two attached hydrogens (primary N) is 1. The average Bonchev–Trinajstić information content (AvgIpc) is 3.06. The van der Waals surface area contributed by atoms with Crippen molar-refractivity contribution in [3.63, 3.8) is 0 Å². The molecule has 0 bridgehead atoms. The summed E-state index contributed by atoms with van der Waals surface area (Å²) in [5, 5.41) is 3.68. The minimum Gasteiger partial charge on any atom is -0.382 e. The lowest BCUT2D eigenvalue weighted by molar-refractivity contribution is 0.102.